The molecule has 2 aliphatic heterocycles. The maximum atomic E-state index is 12.0. The number of aliphatic hydroxyl groups excluding tert-OH is 4. The molecule has 0 amide bonds. The lowest BCUT2D eigenvalue weighted by Crippen LogP contribution is -2.41. The third-order valence-electron chi connectivity index (χ3n) is 8.94. The number of aliphatic carboxylic acids is 1. The first-order valence-corrected chi connectivity index (χ1v) is 21.2. The van der Waals surface area contributed by atoms with E-state index in [-0.39, 0.29) is 28.5 Å². The van der Waals surface area contributed by atoms with Crippen LogP contribution in [-0.2, 0) is 52.5 Å². The first kappa shape index (κ1) is 45.5. The Bertz CT molecular complexity index is 2450. The maximum absolute atomic E-state index is 12.0. The number of hydrogen-bond donors (Lipinski definition) is 10. The Kier molecular flexibility index (Phi) is 13.0. The molecule has 31 heteroatoms. The summed E-state index contributed by atoms with van der Waals surface area (Å²) in [6.07, 6.45) is -8.56. The number of nitrogens with zero attached hydrogens (tertiary/aromatic N) is 8. The minimum atomic E-state index is -5.35. The van der Waals surface area contributed by atoms with Crippen molar-refractivity contribution >= 4 is 51.9 Å². The Hall–Kier alpha value is -4.54. The van der Waals surface area contributed by atoms with E-state index in [0.717, 1.165) is 12.7 Å². The number of carboxylic acid groups (broad SMARTS) is 1. The van der Waals surface area contributed by atoms with E-state index >= 15 is 0 Å². The molecule has 0 bridgehead atoms. The number of fused-ring (bicyclic) bond motifs is 2. The Morgan fingerprint density at radius 2 is 1.29 bits per heavy atom. The highest BCUT2D eigenvalue weighted by molar-refractivity contribution is 7.60. The summed E-state index contributed by atoms with van der Waals surface area (Å²) in [5.41, 5.74) is 7.87. The fraction of sp³-hybridized carbons (Fsp3) is 0.464. The number of ether oxygens (including phenoxy) is 2. The van der Waals surface area contributed by atoms with Crippen LogP contribution in [0.5, 0.6) is 0 Å². The summed E-state index contributed by atoms with van der Waals surface area (Å²) in [5.74, 6) is -2.34. The third-order valence-corrected chi connectivity index (χ3v) is 12.6. The highest BCUT2D eigenvalue weighted by Crippen LogP contribution is 2.58. The Morgan fingerprint density at radius 3 is 1.68 bits per heavy atom. The van der Waals surface area contributed by atoms with Crippen molar-refractivity contribution in [3.8, 4) is 12.1 Å². The molecule has 12 N–H and O–H groups in total. The number of carboxylic acids is 1. The summed E-state index contributed by atoms with van der Waals surface area (Å²) < 4.78 is 60.5. The van der Waals surface area contributed by atoms with Crippen LogP contribution >= 0.6 is 23.2 Å². The fourth-order valence-electron chi connectivity index (χ4n) is 6.08. The first-order valence-electron chi connectivity index (χ1n) is 16.4. The number of hydrogen-bond acceptors (Lipinski definition) is 22. The van der Waals surface area contributed by atoms with E-state index in [2.05, 4.69) is 29.0 Å². The number of nitrogens with two attached hydrogens (primary N) is 2. The van der Waals surface area contributed by atoms with Crippen LogP contribution in [0.4, 0.5) is 11.6 Å². The molecule has 59 heavy (non-hydrogen) atoms. The molecule has 11 atom stereocenters. The molecule has 6 heterocycles. The van der Waals surface area contributed by atoms with Gasteiger partial charge in [-0.25, -0.2) is 28.1 Å². The zero-order valence-corrected chi connectivity index (χ0v) is 32.5. The molecule has 0 aromatic carbocycles. The topological polar surface area (TPSA) is 459 Å². The van der Waals surface area contributed by atoms with Crippen molar-refractivity contribution in [3.63, 3.8) is 0 Å². The number of aliphatic hydroxyl groups is 4. The van der Waals surface area contributed by atoms with Gasteiger partial charge in [0.1, 0.15) is 80.0 Å². The predicted octanol–water partition coefficient (Wildman–Crippen LogP) is -3.18. The molecule has 2 fully saturated rings. The van der Waals surface area contributed by atoms with E-state index in [9.17, 15) is 59.2 Å². The van der Waals surface area contributed by atoms with Crippen LogP contribution in [0.2, 0.25) is 0 Å². The predicted molar refractivity (Wildman–Crippen MR) is 187 cm³/mol. The molecule has 4 aromatic heterocycles. The standard InChI is InChI=1S/C16H20N5O8P.C12H15N5O10P2/c1-8(15(24)25)5-30(26,27)28-4-10-12(22)13(23)16(6-17,29-10)11-3-2-9-14(18)19-7-20-21(9)11;13-4-12(8-2-1-6-11(14)15-5-16-17(6)8)10(19)9(18)7(26-12)3-25-29(23,24)27-28(20,21)22/h2-3,7-8,10,12-13,22-23H,4-5H2,1H3,(H,24,25)(H,26,27)(H2,18,19,20);1-2,5,7,9-10,18-19H,3H2,(H,23,24)(H2,14,15,16)(H2,20,21,22)/p-1/t8?,10-,12-,13-,16+;7-,9-,10-,12+/m11/s1. The highest BCUT2D eigenvalue weighted by Gasteiger charge is 2.59. The number of nitrogen functional groups attached to an aromatic ring is 2. The summed E-state index contributed by atoms with van der Waals surface area (Å²) in [7, 11) is -15.2. The number of phosphoric acid groups is 2. The van der Waals surface area contributed by atoms with Crippen molar-refractivity contribution in [1.82, 2.24) is 29.2 Å². The minimum absolute atomic E-state index is 0.0169. The molecule has 320 valence electrons. The molecule has 0 spiro atoms. The number of rotatable bonds is 13. The SMILES string of the molecule is CC(CP(=O)([O-])OC[C@H]1O[C@@](C#N)(c2ccc3c(N)ncnn23)[C@H](O)[C@@H]1O)C(=O)O.N#C[C@@]1(c2ccc3c(N)ncnn23)O[C@H](COP(=O)(O)OP(=O)(O)O)[C@@H](O)[C@H]1O. The second-order valence-electron chi connectivity index (χ2n) is 12.9. The molecule has 28 nitrogen and oxygen atoms in total. The van der Waals surface area contributed by atoms with Crippen molar-refractivity contribution in [2.75, 3.05) is 30.8 Å². The quantitative estimate of drug-likeness (QED) is 0.0591. The summed E-state index contributed by atoms with van der Waals surface area (Å²) in [6.45, 7) is -0.474. The zero-order valence-electron chi connectivity index (χ0n) is 29.9. The summed E-state index contributed by atoms with van der Waals surface area (Å²) >= 11 is 0. The molecule has 6 rings (SSSR count). The van der Waals surface area contributed by atoms with Crippen LogP contribution in [0.3, 0.4) is 0 Å². The van der Waals surface area contributed by atoms with Gasteiger partial charge < -0.3 is 75.1 Å². The molecule has 3 unspecified atom stereocenters. The lowest BCUT2D eigenvalue weighted by molar-refractivity contribution is -0.203. The molecular formula is C28H34N10O18P3-. The van der Waals surface area contributed by atoms with Gasteiger partial charge in [-0.3, -0.25) is 9.32 Å². The number of aromatic nitrogens is 6. The van der Waals surface area contributed by atoms with Gasteiger partial charge in [0.2, 0.25) is 11.2 Å². The van der Waals surface area contributed by atoms with Crippen LogP contribution in [0.25, 0.3) is 11.0 Å². The number of phosphoric ester groups is 1. The summed E-state index contributed by atoms with van der Waals surface area (Å²) in [5, 5.41) is 77.8. The molecule has 4 aromatic rings. The number of anilines is 2. The third kappa shape index (κ3) is 9.14. The van der Waals surface area contributed by atoms with Gasteiger partial charge in [-0.2, -0.15) is 25.0 Å². The smallest absolute Gasteiger partial charge is 0.481 e. The monoisotopic (exact) mass is 891 g/mol. The van der Waals surface area contributed by atoms with Gasteiger partial charge in [-0.1, -0.05) is 6.92 Å². The fourth-order valence-corrected chi connectivity index (χ4v) is 8.99. The highest BCUT2D eigenvalue weighted by atomic mass is 31.3. The van der Waals surface area contributed by atoms with Crippen molar-refractivity contribution in [2.45, 2.75) is 54.7 Å². The Labute approximate surface area is 329 Å². The van der Waals surface area contributed by atoms with Crippen LogP contribution < -0.4 is 16.4 Å². The second-order valence-corrected chi connectivity index (χ2v) is 17.5. The van der Waals surface area contributed by atoms with Gasteiger partial charge in [-0.05, 0) is 24.3 Å². The number of carbonyl (C=O) groups is 1. The minimum Gasteiger partial charge on any atom is -0.778 e. The average Bonchev–Trinajstić information content (AvgIpc) is 3.91. The Balaban J connectivity index is 0.000000224. The van der Waals surface area contributed by atoms with E-state index in [1.165, 1.54) is 40.2 Å². The van der Waals surface area contributed by atoms with E-state index < -0.39 is 102 Å². The lowest BCUT2D eigenvalue weighted by atomic mass is 9.92. The molecule has 0 radical (unpaired) electrons. The van der Waals surface area contributed by atoms with Crippen molar-refractivity contribution in [3.05, 3.63) is 48.3 Å². The van der Waals surface area contributed by atoms with E-state index in [4.69, 9.17) is 40.4 Å². The average molecular weight is 892 g/mol. The van der Waals surface area contributed by atoms with Crippen molar-refractivity contribution < 1.29 is 86.4 Å². The van der Waals surface area contributed by atoms with Gasteiger partial charge in [-0.15, -0.1) is 0 Å². The van der Waals surface area contributed by atoms with E-state index in [1.807, 2.05) is 6.07 Å². The summed E-state index contributed by atoms with van der Waals surface area (Å²) in [4.78, 5) is 57.0. The van der Waals surface area contributed by atoms with Crippen LogP contribution in [-0.4, -0.2) is 131 Å². The largest absolute Gasteiger partial charge is 0.778 e. The van der Waals surface area contributed by atoms with E-state index in [0.29, 0.717) is 5.52 Å². The van der Waals surface area contributed by atoms with Crippen LogP contribution in [0.15, 0.2) is 36.9 Å². The van der Waals surface area contributed by atoms with Gasteiger partial charge >= 0.3 is 21.6 Å². The van der Waals surface area contributed by atoms with E-state index in [1.54, 1.807) is 6.07 Å². The second kappa shape index (κ2) is 16.8. The first-order chi connectivity index (χ1) is 27.4. The van der Waals surface area contributed by atoms with Crippen molar-refractivity contribution in [2.24, 2.45) is 5.92 Å². The lowest BCUT2D eigenvalue weighted by Gasteiger charge is -2.27. The van der Waals surface area contributed by atoms with Gasteiger partial charge in [0, 0.05) is 6.16 Å². The molecule has 0 saturated carbocycles. The van der Waals surface area contributed by atoms with Crippen LogP contribution in [0, 0.1) is 28.6 Å². The molecular weight excluding hydrogens is 857 g/mol. The maximum Gasteiger partial charge on any atom is 0.481 e. The van der Waals surface area contributed by atoms with Crippen LogP contribution in [0.1, 0.15) is 18.3 Å². The molecule has 2 aliphatic rings. The van der Waals surface area contributed by atoms with Gasteiger partial charge in [0.05, 0.1) is 30.5 Å². The molecule has 2 saturated heterocycles. The van der Waals surface area contributed by atoms with Gasteiger partial charge in [0.15, 0.2) is 11.6 Å². The van der Waals surface area contributed by atoms with Crippen molar-refractivity contribution in [1.29, 1.82) is 10.5 Å². The number of nitriles is 2. The summed E-state index contributed by atoms with van der Waals surface area (Å²) in [6, 6.07) is 9.27. The normalized spacial score (nSPS) is 29.5. The Morgan fingerprint density at radius 1 is 0.864 bits per heavy atom. The zero-order chi connectivity index (χ0) is 43.9. The molecule has 0 aliphatic carbocycles. The van der Waals surface area contributed by atoms with Gasteiger partial charge in [0.25, 0.3) is 0 Å².